The van der Waals surface area contributed by atoms with Crippen LogP contribution in [0.2, 0.25) is 0 Å². The van der Waals surface area contributed by atoms with Gasteiger partial charge >= 0.3 is 0 Å². The summed E-state index contributed by atoms with van der Waals surface area (Å²) in [6.07, 6.45) is 2.56. The van der Waals surface area contributed by atoms with Gasteiger partial charge in [0.25, 0.3) is 0 Å². The van der Waals surface area contributed by atoms with E-state index in [9.17, 15) is 4.79 Å². The lowest BCUT2D eigenvalue weighted by atomic mass is 10.2. The summed E-state index contributed by atoms with van der Waals surface area (Å²) in [7, 11) is 0. The fourth-order valence-electron chi connectivity index (χ4n) is 2.17. The predicted octanol–water partition coefficient (Wildman–Crippen LogP) is 0.704. The third kappa shape index (κ3) is 3.19. The Balaban J connectivity index is 2.17. The van der Waals surface area contributed by atoms with Crippen molar-refractivity contribution >= 4 is 17.4 Å². The number of nitrogens with one attached hydrogen (secondary N) is 1. The Kier molecular flexibility index (Phi) is 4.79. The Hall–Kier alpha value is -1.82. The highest BCUT2D eigenvalue weighted by Crippen LogP contribution is 2.21. The monoisotopic (exact) mass is 278 g/mol. The van der Waals surface area contributed by atoms with Gasteiger partial charge in [0, 0.05) is 13.1 Å². The smallest absolute Gasteiger partial charge is 0.245 e. The second-order valence-corrected chi connectivity index (χ2v) is 4.97. The Morgan fingerprint density at radius 2 is 2.45 bits per heavy atom. The van der Waals surface area contributed by atoms with Crippen LogP contribution in [0.1, 0.15) is 18.9 Å². The molecule has 1 aliphatic heterocycles. The van der Waals surface area contributed by atoms with E-state index in [1.54, 1.807) is 6.20 Å². The summed E-state index contributed by atoms with van der Waals surface area (Å²) in [5.74, 6) is 0.763. The molecule has 0 spiro atoms. The number of nitrogen functional groups attached to an aromatic ring is 1. The summed E-state index contributed by atoms with van der Waals surface area (Å²) < 4.78 is 5.43. The van der Waals surface area contributed by atoms with Crippen LogP contribution < -0.4 is 16.0 Å². The Morgan fingerprint density at radius 1 is 1.65 bits per heavy atom. The van der Waals surface area contributed by atoms with Crippen molar-refractivity contribution in [3.05, 3.63) is 17.8 Å². The van der Waals surface area contributed by atoms with Crippen LogP contribution in [-0.4, -0.2) is 43.2 Å². The largest absolute Gasteiger partial charge is 0.397 e. The van der Waals surface area contributed by atoms with Gasteiger partial charge in [0.2, 0.25) is 5.91 Å². The molecule has 1 aromatic rings. The fourth-order valence-corrected chi connectivity index (χ4v) is 2.17. The highest BCUT2D eigenvalue weighted by atomic mass is 16.5. The molecule has 1 saturated heterocycles. The number of amides is 1. The summed E-state index contributed by atoms with van der Waals surface area (Å²) in [6, 6.07) is 1.59. The molecule has 2 rings (SSSR count). The number of morpholine rings is 1. The Morgan fingerprint density at radius 3 is 3.15 bits per heavy atom. The molecule has 0 bridgehead atoms. The highest BCUT2D eigenvalue weighted by molar-refractivity contribution is 5.85. The molecule has 0 aromatic carbocycles. The maximum atomic E-state index is 12.2. The molecule has 0 aliphatic carbocycles. The van der Waals surface area contributed by atoms with Gasteiger partial charge in [-0.25, -0.2) is 4.98 Å². The maximum Gasteiger partial charge on any atom is 0.245 e. The van der Waals surface area contributed by atoms with E-state index >= 15 is 0 Å². The number of ether oxygens (including phenoxy) is 1. The second kappa shape index (κ2) is 6.56. The quantitative estimate of drug-likeness (QED) is 0.847. The van der Waals surface area contributed by atoms with Crippen LogP contribution in [0.15, 0.2) is 12.3 Å². The van der Waals surface area contributed by atoms with Crippen LogP contribution in [0, 0.1) is 6.92 Å². The van der Waals surface area contributed by atoms with E-state index in [2.05, 4.69) is 10.3 Å². The standard InChI is InChI=1S/C14H22N4O2/c1-3-4-16-14(19)12-9-20-6-5-18(12)13-7-10(2)11(15)8-17-13/h7-8,12H,3-6,9,15H2,1-2H3,(H,16,19). The van der Waals surface area contributed by atoms with Gasteiger partial charge < -0.3 is 20.7 Å². The van der Waals surface area contributed by atoms with Gasteiger partial charge in [0.1, 0.15) is 11.9 Å². The fraction of sp³-hybridized carbons (Fsp3) is 0.571. The zero-order chi connectivity index (χ0) is 14.5. The van der Waals surface area contributed by atoms with E-state index in [-0.39, 0.29) is 11.9 Å². The normalized spacial score (nSPS) is 18.9. The van der Waals surface area contributed by atoms with Crippen molar-refractivity contribution < 1.29 is 9.53 Å². The molecule has 6 nitrogen and oxygen atoms in total. The molecule has 1 fully saturated rings. The lowest BCUT2D eigenvalue weighted by Crippen LogP contribution is -2.54. The molecular weight excluding hydrogens is 256 g/mol. The topological polar surface area (TPSA) is 80.5 Å². The number of hydrogen-bond acceptors (Lipinski definition) is 5. The van der Waals surface area contributed by atoms with Gasteiger partial charge in [-0.1, -0.05) is 6.92 Å². The SMILES string of the molecule is CCCNC(=O)C1COCCN1c1cc(C)c(N)cn1. The maximum absolute atomic E-state index is 12.2. The molecule has 1 amide bonds. The number of carbonyl (C=O) groups is 1. The summed E-state index contributed by atoms with van der Waals surface area (Å²) in [5, 5.41) is 2.91. The number of carbonyl (C=O) groups excluding carboxylic acids is 1. The molecule has 0 radical (unpaired) electrons. The highest BCUT2D eigenvalue weighted by Gasteiger charge is 2.30. The third-order valence-corrected chi connectivity index (χ3v) is 3.41. The number of anilines is 2. The van der Waals surface area contributed by atoms with Gasteiger partial charge in [-0.15, -0.1) is 0 Å². The molecule has 1 aromatic heterocycles. The average molecular weight is 278 g/mol. The number of aryl methyl sites for hydroxylation is 1. The van der Waals surface area contributed by atoms with Crippen molar-refractivity contribution in [2.24, 2.45) is 0 Å². The number of aromatic nitrogens is 1. The van der Waals surface area contributed by atoms with Crippen LogP contribution in [0.4, 0.5) is 11.5 Å². The number of hydrogen-bond donors (Lipinski definition) is 2. The van der Waals surface area contributed by atoms with Gasteiger partial charge in [-0.3, -0.25) is 4.79 Å². The van der Waals surface area contributed by atoms with Crippen molar-refractivity contribution in [2.75, 3.05) is 36.9 Å². The average Bonchev–Trinajstić information content (AvgIpc) is 2.47. The van der Waals surface area contributed by atoms with Crippen LogP contribution >= 0.6 is 0 Å². The number of nitrogens with zero attached hydrogens (tertiary/aromatic N) is 2. The third-order valence-electron chi connectivity index (χ3n) is 3.41. The summed E-state index contributed by atoms with van der Waals surface area (Å²) in [4.78, 5) is 18.5. The summed E-state index contributed by atoms with van der Waals surface area (Å²) >= 11 is 0. The van der Waals surface area contributed by atoms with E-state index < -0.39 is 0 Å². The Labute approximate surface area is 119 Å². The summed E-state index contributed by atoms with van der Waals surface area (Å²) in [5.41, 5.74) is 7.42. The van der Waals surface area contributed by atoms with Gasteiger partial charge in [0.05, 0.1) is 25.1 Å². The summed E-state index contributed by atoms with van der Waals surface area (Å²) in [6.45, 7) is 6.29. The molecule has 2 heterocycles. The molecule has 20 heavy (non-hydrogen) atoms. The molecule has 1 unspecified atom stereocenters. The first kappa shape index (κ1) is 14.6. The molecule has 110 valence electrons. The van der Waals surface area contributed by atoms with Gasteiger partial charge in [-0.2, -0.15) is 0 Å². The van der Waals surface area contributed by atoms with Crippen molar-refractivity contribution in [2.45, 2.75) is 26.3 Å². The lowest BCUT2D eigenvalue weighted by Gasteiger charge is -2.35. The van der Waals surface area contributed by atoms with E-state index in [1.165, 1.54) is 0 Å². The molecular formula is C14H22N4O2. The Bertz CT molecular complexity index is 478. The van der Waals surface area contributed by atoms with E-state index in [4.69, 9.17) is 10.5 Å². The van der Waals surface area contributed by atoms with E-state index in [0.29, 0.717) is 32.0 Å². The molecule has 1 aliphatic rings. The zero-order valence-electron chi connectivity index (χ0n) is 12.1. The number of pyridine rings is 1. The number of rotatable bonds is 4. The van der Waals surface area contributed by atoms with Crippen LogP contribution in [0.5, 0.6) is 0 Å². The molecule has 3 N–H and O–H groups in total. The number of nitrogens with two attached hydrogens (primary N) is 1. The van der Waals surface area contributed by atoms with Crippen molar-refractivity contribution in [3.8, 4) is 0 Å². The minimum Gasteiger partial charge on any atom is -0.397 e. The van der Waals surface area contributed by atoms with Crippen LogP contribution in [0.3, 0.4) is 0 Å². The van der Waals surface area contributed by atoms with Crippen molar-refractivity contribution in [1.29, 1.82) is 0 Å². The molecule has 0 saturated carbocycles. The minimum atomic E-state index is -0.328. The first-order valence-electron chi connectivity index (χ1n) is 6.97. The van der Waals surface area contributed by atoms with Gasteiger partial charge in [-0.05, 0) is 25.0 Å². The van der Waals surface area contributed by atoms with E-state index in [0.717, 1.165) is 17.8 Å². The second-order valence-electron chi connectivity index (χ2n) is 4.97. The van der Waals surface area contributed by atoms with Gasteiger partial charge in [0.15, 0.2) is 0 Å². The van der Waals surface area contributed by atoms with E-state index in [1.807, 2.05) is 24.8 Å². The van der Waals surface area contributed by atoms with Crippen LogP contribution in [0.25, 0.3) is 0 Å². The zero-order valence-corrected chi connectivity index (χ0v) is 12.1. The predicted molar refractivity (Wildman–Crippen MR) is 78.6 cm³/mol. The lowest BCUT2D eigenvalue weighted by molar-refractivity contribution is -0.124. The molecule has 6 heteroatoms. The van der Waals surface area contributed by atoms with Crippen LogP contribution in [-0.2, 0) is 9.53 Å². The molecule has 1 atom stereocenters. The van der Waals surface area contributed by atoms with Crippen molar-refractivity contribution in [1.82, 2.24) is 10.3 Å². The first-order valence-corrected chi connectivity index (χ1v) is 6.97. The minimum absolute atomic E-state index is 0.0113. The van der Waals surface area contributed by atoms with Crippen molar-refractivity contribution in [3.63, 3.8) is 0 Å². The first-order chi connectivity index (χ1) is 9.63.